The number of hydrogen-bond donors (Lipinski definition) is 0. The molecule has 0 N–H and O–H groups in total. The molecule has 0 aliphatic carbocycles. The van der Waals surface area contributed by atoms with Gasteiger partial charge in [-0.3, -0.25) is 0 Å². The fraction of sp³-hybridized carbons (Fsp3) is 0.417. The van der Waals surface area contributed by atoms with Crippen molar-refractivity contribution in [3.63, 3.8) is 0 Å². The largest absolute Gasteiger partial charge is 0.496 e. The average molecular weight is 224 g/mol. The van der Waals surface area contributed by atoms with E-state index >= 15 is 0 Å². The highest BCUT2D eigenvalue weighted by Gasteiger charge is 2.19. The number of rotatable bonds is 3. The van der Waals surface area contributed by atoms with Crippen LogP contribution in [0.2, 0.25) is 5.02 Å². The summed E-state index contributed by atoms with van der Waals surface area (Å²) < 4.78 is 5.22. The monoisotopic (exact) mass is 223 g/mol. The third-order valence-corrected chi connectivity index (χ3v) is 2.57. The zero-order valence-electron chi connectivity index (χ0n) is 9.12. The molecule has 0 heterocycles. The molecule has 80 valence electrons. The Labute approximate surface area is 95.4 Å². The van der Waals surface area contributed by atoms with Crippen LogP contribution in [0.15, 0.2) is 18.2 Å². The summed E-state index contributed by atoms with van der Waals surface area (Å²) in [4.78, 5) is 0. The summed E-state index contributed by atoms with van der Waals surface area (Å²) in [5.41, 5.74) is 0.863. The molecule has 0 saturated heterocycles. The van der Waals surface area contributed by atoms with Crippen LogP contribution in [0.1, 0.15) is 25.3 Å². The van der Waals surface area contributed by atoms with Gasteiger partial charge < -0.3 is 4.74 Å². The lowest BCUT2D eigenvalue weighted by atomic mass is 9.89. The molecule has 1 aromatic rings. The van der Waals surface area contributed by atoms with Crippen LogP contribution in [0.5, 0.6) is 5.75 Å². The summed E-state index contributed by atoms with van der Waals surface area (Å²) in [7, 11) is 1.60. The number of benzene rings is 1. The second-order valence-electron chi connectivity index (χ2n) is 3.74. The third-order valence-electron chi connectivity index (χ3n) is 2.33. The molecular formula is C12H14ClNO. The molecule has 0 saturated carbocycles. The molecule has 0 aliphatic heterocycles. The predicted molar refractivity (Wildman–Crippen MR) is 61.2 cm³/mol. The van der Waals surface area contributed by atoms with Crippen molar-refractivity contribution in [3.8, 4) is 11.8 Å². The van der Waals surface area contributed by atoms with Gasteiger partial charge in [0.1, 0.15) is 5.75 Å². The van der Waals surface area contributed by atoms with Crippen LogP contribution in [0.4, 0.5) is 0 Å². The highest BCUT2D eigenvalue weighted by Crippen LogP contribution is 2.33. The second-order valence-corrected chi connectivity index (χ2v) is 4.17. The van der Waals surface area contributed by atoms with E-state index < -0.39 is 0 Å². The zero-order valence-corrected chi connectivity index (χ0v) is 9.88. The highest BCUT2D eigenvalue weighted by atomic mass is 35.5. The SMILES string of the molecule is COc1ccc(Cl)cc1C(C#N)C(C)C. The second kappa shape index (κ2) is 5.04. The van der Waals surface area contributed by atoms with Gasteiger partial charge in [-0.15, -0.1) is 0 Å². The summed E-state index contributed by atoms with van der Waals surface area (Å²) in [6, 6.07) is 7.64. The van der Waals surface area contributed by atoms with Crippen molar-refractivity contribution in [1.29, 1.82) is 5.26 Å². The van der Waals surface area contributed by atoms with Crippen LogP contribution in [0.25, 0.3) is 0 Å². The van der Waals surface area contributed by atoms with Crippen molar-refractivity contribution in [2.24, 2.45) is 5.92 Å². The Bertz CT molecular complexity index is 382. The molecule has 1 aromatic carbocycles. The number of nitriles is 1. The first-order chi connectivity index (χ1) is 7.10. The number of methoxy groups -OCH3 is 1. The number of ether oxygens (including phenoxy) is 1. The van der Waals surface area contributed by atoms with E-state index in [-0.39, 0.29) is 11.8 Å². The predicted octanol–water partition coefficient (Wildman–Crippen LogP) is 3.61. The first-order valence-corrected chi connectivity index (χ1v) is 5.21. The van der Waals surface area contributed by atoms with Gasteiger partial charge in [0.05, 0.1) is 19.1 Å². The average Bonchev–Trinajstić information content (AvgIpc) is 2.18. The van der Waals surface area contributed by atoms with Gasteiger partial charge in [-0.25, -0.2) is 0 Å². The zero-order chi connectivity index (χ0) is 11.4. The van der Waals surface area contributed by atoms with Crippen LogP contribution in [0, 0.1) is 17.2 Å². The number of halogens is 1. The lowest BCUT2D eigenvalue weighted by Gasteiger charge is -2.16. The van der Waals surface area contributed by atoms with Crippen molar-refractivity contribution in [2.75, 3.05) is 7.11 Å². The Morgan fingerprint density at radius 2 is 2.07 bits per heavy atom. The normalized spacial score (nSPS) is 12.3. The van der Waals surface area contributed by atoms with E-state index in [2.05, 4.69) is 6.07 Å². The van der Waals surface area contributed by atoms with Crippen molar-refractivity contribution in [3.05, 3.63) is 28.8 Å². The summed E-state index contributed by atoms with van der Waals surface area (Å²) in [6.45, 7) is 4.02. The molecule has 0 radical (unpaired) electrons. The minimum Gasteiger partial charge on any atom is -0.496 e. The Balaban J connectivity index is 3.21. The smallest absolute Gasteiger partial charge is 0.123 e. The van der Waals surface area contributed by atoms with E-state index in [4.69, 9.17) is 21.6 Å². The van der Waals surface area contributed by atoms with Crippen LogP contribution in [-0.2, 0) is 0 Å². The molecule has 0 aliphatic rings. The van der Waals surface area contributed by atoms with E-state index in [1.165, 1.54) is 0 Å². The molecular weight excluding hydrogens is 210 g/mol. The number of nitrogens with zero attached hydrogens (tertiary/aromatic N) is 1. The molecule has 3 heteroatoms. The summed E-state index contributed by atoms with van der Waals surface area (Å²) in [5, 5.41) is 9.74. The molecule has 1 rings (SSSR count). The van der Waals surface area contributed by atoms with Gasteiger partial charge in [0, 0.05) is 10.6 Å². The quantitative estimate of drug-likeness (QED) is 0.784. The first kappa shape index (κ1) is 11.9. The topological polar surface area (TPSA) is 33.0 Å². The molecule has 0 fully saturated rings. The Morgan fingerprint density at radius 1 is 1.40 bits per heavy atom. The van der Waals surface area contributed by atoms with Crippen molar-refractivity contribution in [2.45, 2.75) is 19.8 Å². The summed E-state index contributed by atoms with van der Waals surface area (Å²) >= 11 is 5.91. The molecule has 0 amide bonds. The summed E-state index contributed by atoms with van der Waals surface area (Å²) in [5.74, 6) is 0.778. The van der Waals surface area contributed by atoms with Crippen LogP contribution in [0.3, 0.4) is 0 Å². The van der Waals surface area contributed by atoms with Gasteiger partial charge in [-0.1, -0.05) is 25.4 Å². The lowest BCUT2D eigenvalue weighted by molar-refractivity contribution is 0.403. The molecule has 1 atom stereocenters. The van der Waals surface area contributed by atoms with E-state index in [1.54, 1.807) is 25.3 Å². The molecule has 1 unspecified atom stereocenters. The fourth-order valence-electron chi connectivity index (χ4n) is 1.53. The molecule has 15 heavy (non-hydrogen) atoms. The van der Waals surface area contributed by atoms with Crippen LogP contribution < -0.4 is 4.74 Å². The van der Waals surface area contributed by atoms with Gasteiger partial charge in [0.2, 0.25) is 0 Å². The van der Waals surface area contributed by atoms with Crippen LogP contribution in [-0.4, -0.2) is 7.11 Å². The van der Waals surface area contributed by atoms with Gasteiger partial charge in [0.15, 0.2) is 0 Å². The van der Waals surface area contributed by atoms with Gasteiger partial charge in [-0.05, 0) is 24.1 Å². The Kier molecular flexibility index (Phi) is 3.99. The standard InChI is InChI=1S/C12H14ClNO/c1-8(2)11(7-14)10-6-9(13)4-5-12(10)15-3/h4-6,8,11H,1-3H3. The minimum atomic E-state index is -0.182. The van der Waals surface area contributed by atoms with Crippen LogP contribution >= 0.6 is 11.6 Å². The van der Waals surface area contributed by atoms with E-state index in [0.717, 1.165) is 11.3 Å². The maximum Gasteiger partial charge on any atom is 0.123 e. The molecule has 2 nitrogen and oxygen atoms in total. The Morgan fingerprint density at radius 3 is 2.53 bits per heavy atom. The maximum atomic E-state index is 9.11. The molecule has 0 bridgehead atoms. The summed E-state index contributed by atoms with van der Waals surface area (Å²) in [6.07, 6.45) is 0. The van der Waals surface area contributed by atoms with Gasteiger partial charge in [0.25, 0.3) is 0 Å². The van der Waals surface area contributed by atoms with E-state index in [0.29, 0.717) is 5.02 Å². The van der Waals surface area contributed by atoms with Crippen molar-refractivity contribution in [1.82, 2.24) is 0 Å². The fourth-order valence-corrected chi connectivity index (χ4v) is 1.71. The van der Waals surface area contributed by atoms with Gasteiger partial charge >= 0.3 is 0 Å². The molecule has 0 aromatic heterocycles. The number of hydrogen-bond acceptors (Lipinski definition) is 2. The van der Waals surface area contributed by atoms with Crippen molar-refractivity contribution < 1.29 is 4.74 Å². The van der Waals surface area contributed by atoms with Crippen molar-refractivity contribution >= 4 is 11.6 Å². The minimum absolute atomic E-state index is 0.182. The lowest BCUT2D eigenvalue weighted by Crippen LogP contribution is -2.06. The van der Waals surface area contributed by atoms with E-state index in [1.807, 2.05) is 13.8 Å². The first-order valence-electron chi connectivity index (χ1n) is 4.83. The Hall–Kier alpha value is -1.20. The van der Waals surface area contributed by atoms with Gasteiger partial charge in [-0.2, -0.15) is 5.26 Å². The van der Waals surface area contributed by atoms with E-state index in [9.17, 15) is 0 Å². The third kappa shape index (κ3) is 2.64. The molecule has 0 spiro atoms. The maximum absolute atomic E-state index is 9.11. The highest BCUT2D eigenvalue weighted by molar-refractivity contribution is 6.30.